The molecular formula is C18H25N5O2S2. The summed E-state index contributed by atoms with van der Waals surface area (Å²) in [5.41, 5.74) is 0. The molecule has 2 aliphatic heterocycles. The molecule has 2 atom stereocenters. The Morgan fingerprint density at radius 2 is 2.26 bits per heavy atom. The third-order valence-electron chi connectivity index (χ3n) is 5.36. The Hall–Kier alpha value is -1.55. The van der Waals surface area contributed by atoms with Gasteiger partial charge in [-0.3, -0.25) is 19.4 Å². The summed E-state index contributed by atoms with van der Waals surface area (Å²) in [6, 6.07) is 3.59. The van der Waals surface area contributed by atoms with Crippen molar-refractivity contribution in [2.24, 2.45) is 0 Å². The van der Waals surface area contributed by atoms with Crippen LogP contribution >= 0.6 is 23.6 Å². The van der Waals surface area contributed by atoms with Crippen molar-refractivity contribution in [3.63, 3.8) is 0 Å². The van der Waals surface area contributed by atoms with E-state index < -0.39 is 0 Å². The zero-order valence-corrected chi connectivity index (χ0v) is 17.1. The Labute approximate surface area is 167 Å². The maximum atomic E-state index is 13.1. The average Bonchev–Trinajstić information content (AvgIpc) is 3.43. The zero-order chi connectivity index (χ0) is 18.8. The van der Waals surface area contributed by atoms with Crippen molar-refractivity contribution in [1.29, 1.82) is 0 Å². The number of nitrogens with one attached hydrogen (secondary N) is 1. The average molecular weight is 408 g/mol. The number of aromatic nitrogens is 3. The van der Waals surface area contributed by atoms with Crippen molar-refractivity contribution in [3.05, 3.63) is 22.3 Å². The number of nitrogens with zero attached hydrogens (tertiary/aromatic N) is 4. The molecule has 1 amide bonds. The number of carbonyl (C=O) groups excluding carboxylic acids is 1. The van der Waals surface area contributed by atoms with Gasteiger partial charge in [-0.1, -0.05) is 6.07 Å². The number of thiophene rings is 1. The van der Waals surface area contributed by atoms with Gasteiger partial charge in [-0.25, -0.2) is 0 Å². The number of amides is 1. The quantitative estimate of drug-likeness (QED) is 0.772. The Balaban J connectivity index is 1.40. The lowest BCUT2D eigenvalue weighted by atomic mass is 10.2. The van der Waals surface area contributed by atoms with Gasteiger partial charge in [-0.2, -0.15) is 5.10 Å². The summed E-state index contributed by atoms with van der Waals surface area (Å²) >= 11 is 6.99. The Bertz CT molecular complexity index is 817. The van der Waals surface area contributed by atoms with E-state index in [1.165, 1.54) is 6.42 Å². The third-order valence-corrected chi connectivity index (χ3v) is 6.51. The van der Waals surface area contributed by atoms with Gasteiger partial charge in [0.2, 0.25) is 5.91 Å². The SMILES string of the molecule is CC(C(=O)N1CCN(CC2CCCO2)CC1)n1c(-c2cccs2)n[nH]c1=S. The van der Waals surface area contributed by atoms with E-state index in [2.05, 4.69) is 15.1 Å². The number of hydrogen-bond acceptors (Lipinski definition) is 6. The molecule has 7 nitrogen and oxygen atoms in total. The summed E-state index contributed by atoms with van der Waals surface area (Å²) in [5, 5.41) is 9.18. The summed E-state index contributed by atoms with van der Waals surface area (Å²) in [6.45, 7) is 7.06. The Kier molecular flexibility index (Phi) is 5.72. The van der Waals surface area contributed by atoms with Crippen LogP contribution in [0.2, 0.25) is 0 Å². The molecule has 9 heteroatoms. The van der Waals surface area contributed by atoms with Crippen molar-refractivity contribution >= 4 is 29.5 Å². The fourth-order valence-electron chi connectivity index (χ4n) is 3.85. The lowest BCUT2D eigenvalue weighted by molar-refractivity contribution is -0.136. The van der Waals surface area contributed by atoms with E-state index in [1.54, 1.807) is 11.3 Å². The van der Waals surface area contributed by atoms with E-state index >= 15 is 0 Å². The maximum absolute atomic E-state index is 13.1. The molecule has 0 aromatic carbocycles. The number of aromatic amines is 1. The molecule has 2 aliphatic rings. The van der Waals surface area contributed by atoms with E-state index in [9.17, 15) is 4.79 Å². The molecule has 146 valence electrons. The lowest BCUT2D eigenvalue weighted by Crippen LogP contribution is -2.51. The van der Waals surface area contributed by atoms with Crippen LogP contribution in [0.4, 0.5) is 0 Å². The summed E-state index contributed by atoms with van der Waals surface area (Å²) < 4.78 is 8.05. The molecule has 0 aliphatic carbocycles. The van der Waals surface area contributed by atoms with Crippen LogP contribution in [-0.4, -0.2) is 75.9 Å². The van der Waals surface area contributed by atoms with E-state index in [4.69, 9.17) is 17.0 Å². The molecule has 2 unspecified atom stereocenters. The number of piperazine rings is 1. The van der Waals surface area contributed by atoms with Gasteiger partial charge in [-0.15, -0.1) is 11.3 Å². The molecule has 2 aromatic rings. The molecule has 4 heterocycles. The van der Waals surface area contributed by atoms with E-state index in [1.807, 2.05) is 33.9 Å². The Morgan fingerprint density at radius 3 is 2.93 bits per heavy atom. The molecule has 4 rings (SSSR count). The molecule has 0 radical (unpaired) electrons. The van der Waals surface area contributed by atoms with Crippen LogP contribution in [-0.2, 0) is 9.53 Å². The second kappa shape index (κ2) is 8.22. The van der Waals surface area contributed by atoms with Crippen molar-refractivity contribution in [2.45, 2.75) is 31.9 Å². The van der Waals surface area contributed by atoms with E-state index in [0.29, 0.717) is 10.9 Å². The highest BCUT2D eigenvalue weighted by Gasteiger charge is 2.29. The summed E-state index contributed by atoms with van der Waals surface area (Å²) in [7, 11) is 0. The van der Waals surface area contributed by atoms with Crippen LogP contribution in [0.25, 0.3) is 10.7 Å². The second-order valence-electron chi connectivity index (χ2n) is 7.14. The molecule has 0 spiro atoms. The number of rotatable bonds is 5. The highest BCUT2D eigenvalue weighted by Crippen LogP contribution is 2.26. The van der Waals surface area contributed by atoms with Crippen LogP contribution in [0, 0.1) is 4.77 Å². The highest BCUT2D eigenvalue weighted by molar-refractivity contribution is 7.71. The largest absolute Gasteiger partial charge is 0.377 e. The minimum Gasteiger partial charge on any atom is -0.377 e. The topological polar surface area (TPSA) is 66.4 Å². The van der Waals surface area contributed by atoms with Gasteiger partial charge in [0.15, 0.2) is 10.6 Å². The van der Waals surface area contributed by atoms with E-state index in [0.717, 1.165) is 56.5 Å². The minimum atomic E-state index is -0.377. The smallest absolute Gasteiger partial charge is 0.245 e. The third kappa shape index (κ3) is 4.01. The van der Waals surface area contributed by atoms with Gasteiger partial charge in [0.05, 0.1) is 11.0 Å². The van der Waals surface area contributed by atoms with Crippen LogP contribution in [0.5, 0.6) is 0 Å². The first kappa shape index (κ1) is 18.8. The molecule has 2 fully saturated rings. The van der Waals surface area contributed by atoms with Gasteiger partial charge in [0, 0.05) is 39.3 Å². The van der Waals surface area contributed by atoms with Gasteiger partial charge >= 0.3 is 0 Å². The fraction of sp³-hybridized carbons (Fsp3) is 0.611. The number of carbonyl (C=O) groups is 1. The predicted molar refractivity (Wildman–Crippen MR) is 107 cm³/mol. The second-order valence-corrected chi connectivity index (χ2v) is 8.47. The normalized spacial score (nSPS) is 22.3. The zero-order valence-electron chi connectivity index (χ0n) is 15.5. The van der Waals surface area contributed by atoms with Crippen molar-refractivity contribution in [3.8, 4) is 10.7 Å². The molecular weight excluding hydrogens is 382 g/mol. The monoisotopic (exact) mass is 407 g/mol. The Morgan fingerprint density at radius 1 is 1.44 bits per heavy atom. The first-order valence-corrected chi connectivity index (χ1v) is 10.8. The lowest BCUT2D eigenvalue weighted by Gasteiger charge is -2.37. The summed E-state index contributed by atoms with van der Waals surface area (Å²) in [4.78, 5) is 18.5. The summed E-state index contributed by atoms with van der Waals surface area (Å²) in [5.74, 6) is 0.829. The van der Waals surface area contributed by atoms with Crippen LogP contribution in [0.1, 0.15) is 25.8 Å². The highest BCUT2D eigenvalue weighted by atomic mass is 32.1. The maximum Gasteiger partial charge on any atom is 0.245 e. The van der Waals surface area contributed by atoms with Crippen LogP contribution < -0.4 is 0 Å². The van der Waals surface area contributed by atoms with Gasteiger partial charge in [-0.05, 0) is 43.4 Å². The van der Waals surface area contributed by atoms with Crippen LogP contribution in [0.3, 0.4) is 0 Å². The molecule has 0 saturated carbocycles. The fourth-order valence-corrected chi connectivity index (χ4v) is 4.85. The van der Waals surface area contributed by atoms with Crippen LogP contribution in [0.15, 0.2) is 17.5 Å². The van der Waals surface area contributed by atoms with Crippen molar-refractivity contribution < 1.29 is 9.53 Å². The van der Waals surface area contributed by atoms with Gasteiger partial charge in [0.25, 0.3) is 0 Å². The molecule has 0 bridgehead atoms. The standard InChI is InChI=1S/C18H25N5O2S2/c1-13(23-16(19-20-18(23)26)15-5-3-11-27-15)17(24)22-8-6-21(7-9-22)12-14-4-2-10-25-14/h3,5,11,13-14H,2,4,6-10,12H2,1H3,(H,20,26). The molecule has 2 aromatic heterocycles. The van der Waals surface area contributed by atoms with Crippen molar-refractivity contribution in [1.82, 2.24) is 24.6 Å². The first-order valence-electron chi connectivity index (χ1n) is 9.47. The molecule has 1 N–H and O–H groups in total. The number of hydrogen-bond donors (Lipinski definition) is 1. The predicted octanol–water partition coefficient (Wildman–Crippen LogP) is 2.55. The number of ether oxygens (including phenoxy) is 1. The number of H-pyrrole nitrogens is 1. The van der Waals surface area contributed by atoms with Gasteiger partial charge < -0.3 is 9.64 Å². The molecule has 2 saturated heterocycles. The molecule has 27 heavy (non-hydrogen) atoms. The van der Waals surface area contributed by atoms with E-state index in [-0.39, 0.29) is 11.9 Å². The first-order chi connectivity index (χ1) is 13.1. The van der Waals surface area contributed by atoms with Gasteiger partial charge in [0.1, 0.15) is 6.04 Å². The van der Waals surface area contributed by atoms with Crippen molar-refractivity contribution in [2.75, 3.05) is 39.3 Å². The minimum absolute atomic E-state index is 0.0991. The summed E-state index contributed by atoms with van der Waals surface area (Å²) in [6.07, 6.45) is 2.68.